The molecule has 2 N–H and O–H groups in total. The van der Waals surface area contributed by atoms with Crippen molar-refractivity contribution in [2.75, 3.05) is 13.1 Å². The van der Waals surface area contributed by atoms with Gasteiger partial charge in [-0.3, -0.25) is 9.59 Å². The molecule has 22 heteroatoms. The molecule has 2 aromatic heterocycles. The molecule has 2 radical (unpaired) electrons. The molecule has 0 spiro atoms. The number of hydrogen-bond donors (Lipinski definition) is 2. The van der Waals surface area contributed by atoms with Crippen LogP contribution in [0.2, 0.25) is 10.0 Å². The molecule has 0 unspecified atom stereocenters. The second kappa shape index (κ2) is 28.9. The smallest absolute Gasteiger partial charge is 0.408 e. The number of nitrogens with one attached hydrogen (secondary N) is 2. The minimum Gasteiger partial charge on any atom is -0.540 e. The third-order valence-corrected chi connectivity index (χ3v) is 18.0. The molecule has 4 bridgehead atoms. The number of hydrogen-bond acceptors (Lipinski definition) is 14. The average molecular weight is 1270 g/mol. The molecular weight excluding hydrogens is 1190 g/mol. The van der Waals surface area contributed by atoms with Gasteiger partial charge in [-0.25, -0.2) is 42.1 Å². The zero-order valence-electron chi connectivity index (χ0n) is 49.5. The molecule has 4 aromatic rings. The molecule has 4 fully saturated rings. The Hall–Kier alpha value is -4.71. The molecule has 2 aromatic carbocycles. The number of benzene rings is 2. The van der Waals surface area contributed by atoms with Gasteiger partial charge in [0.15, 0.2) is 0 Å². The first-order chi connectivity index (χ1) is 39.2. The fourth-order valence-corrected chi connectivity index (χ4v) is 13.1. The van der Waals surface area contributed by atoms with Gasteiger partial charge in [0.2, 0.25) is 23.6 Å². The second-order valence-corrected chi connectivity index (χ2v) is 26.3. The molecule has 4 aliphatic heterocycles. The molecule has 2 saturated heterocycles. The topological polar surface area (TPSA) is 221 Å². The van der Waals surface area contributed by atoms with E-state index in [4.69, 9.17) is 62.1 Å². The molecule has 6 heterocycles. The van der Waals surface area contributed by atoms with E-state index in [0.29, 0.717) is 70.4 Å². The van der Waals surface area contributed by atoms with Crippen LogP contribution >= 0.6 is 23.2 Å². The Morgan fingerprint density at radius 3 is 1.39 bits per heavy atom. The van der Waals surface area contributed by atoms with Gasteiger partial charge in [0.05, 0.1) is 35.2 Å². The van der Waals surface area contributed by atoms with E-state index < -0.39 is 59.4 Å². The van der Waals surface area contributed by atoms with Crippen molar-refractivity contribution >= 4 is 81.8 Å². The summed E-state index contributed by atoms with van der Waals surface area (Å²) >= 11 is 12.5. The van der Waals surface area contributed by atoms with Crippen LogP contribution in [-0.2, 0) is 78.6 Å². The Labute approximate surface area is 527 Å². The summed E-state index contributed by atoms with van der Waals surface area (Å²) in [5.74, 6) is 0.175. The quantitative estimate of drug-likeness (QED) is 0.182. The summed E-state index contributed by atoms with van der Waals surface area (Å²) < 4.78 is 24.7. The first kappa shape index (κ1) is 66.8. The van der Waals surface area contributed by atoms with E-state index in [1.54, 1.807) is 24.3 Å². The second-order valence-electron chi connectivity index (χ2n) is 25.4. The minimum atomic E-state index is -0.894. The molecule has 18 nitrogen and oxygen atoms in total. The number of nitrogens with zero attached hydrogens (tertiary/aromatic N) is 6. The van der Waals surface area contributed by atoms with E-state index in [1.807, 2.05) is 67.5 Å². The summed E-state index contributed by atoms with van der Waals surface area (Å²) in [5.41, 5.74) is 3.01. The number of ether oxygens (including phenoxy) is 4. The van der Waals surface area contributed by atoms with E-state index in [2.05, 4.69) is 23.2 Å². The van der Waals surface area contributed by atoms with Crippen LogP contribution in [0.4, 0.5) is 9.59 Å². The first-order valence-corrected chi connectivity index (χ1v) is 30.5. The summed E-state index contributed by atoms with van der Waals surface area (Å²) in [4.78, 5) is 101. The Bertz CT molecular complexity index is 3000. The van der Waals surface area contributed by atoms with Gasteiger partial charge in [0.1, 0.15) is 47.9 Å². The standard InChI is InChI=1S/C32H42ClN4O5.C30H38ClN4O5.2V/c1-5-21-25(18-38)37-17-27(21)41-29-23(34-22-15-14-20(33)16-24(22)35-29)12-8-6-7-10-19-11-9-13-26(19)42-31(40)36-28(30(37)39)32(2,3)4;1-5-19-23(16-36)35-15-25(19)39-27-21(32-20-12-11-18(31)14-22(20)33-27)10-8-6-7-9-17-13-24(17)40-29(38)34-26(28(35)37)30(2,3)4;;/h14-16,19,21,25-28H,5-13,17H2,1-4H3,(H,36,40);11-12,14,17,19,23-26H,5-10,13,15H2,1-4H3,(H,34,38);;/q2*-1;;/t19-,21+,25-,26-,27+,28-;17-,19+,23-,24-,25+,26-;;/m11../s1. The van der Waals surface area contributed by atoms with Gasteiger partial charge >= 0.3 is 12.2 Å². The normalized spacial score (nSPS) is 28.9. The van der Waals surface area contributed by atoms with Gasteiger partial charge < -0.3 is 49.0 Å². The zero-order valence-corrected chi connectivity index (χ0v) is 53.8. The number of carbonyl (C=O) groups is 4. The van der Waals surface area contributed by atoms with Gasteiger partial charge in [0, 0.05) is 47.2 Å². The Balaban J connectivity index is 0.000000236. The van der Waals surface area contributed by atoms with Crippen molar-refractivity contribution in [1.29, 1.82) is 0 Å². The molecule has 2 aliphatic carbocycles. The van der Waals surface area contributed by atoms with Crippen molar-refractivity contribution in [3.63, 3.8) is 0 Å². The fraction of sp³-hybridized carbons (Fsp3) is 0.645. The van der Waals surface area contributed by atoms with Crippen LogP contribution in [0.1, 0.15) is 157 Å². The van der Waals surface area contributed by atoms with Crippen LogP contribution in [0.5, 0.6) is 11.8 Å². The van der Waals surface area contributed by atoms with Crippen molar-refractivity contribution in [2.45, 2.75) is 207 Å². The number of carbonyl (C=O) groups excluding carboxylic acids is 6. The fourth-order valence-electron chi connectivity index (χ4n) is 12.7. The molecule has 84 heavy (non-hydrogen) atoms. The van der Waals surface area contributed by atoms with E-state index in [-0.39, 0.29) is 86.1 Å². The van der Waals surface area contributed by atoms with Crippen LogP contribution in [0.3, 0.4) is 0 Å². The summed E-state index contributed by atoms with van der Waals surface area (Å²) in [6.45, 7) is 15.6. The SMILES string of the molecule is CC[C@@H]1[C@@H]2CN(C(=O)[C@H](C(C)(C)C)NC(=O)O[C@@H]3CCC[C@H]3CCCCCc3nc4ccc(Cl)cc4nc3O2)[C@@H]1[C-]=O.CC[C@@H]1[C@@H]2CN(C(=O)[C@H](C(C)(C)C)NC(=O)O[C@@H]3C[C@H]3CCCCCc3nc4ccc(Cl)cc4nc3O2)[C@@H]1[C-]=O.[V].[V]. The number of rotatable bonds is 4. The maximum atomic E-state index is 14.1. The van der Waals surface area contributed by atoms with E-state index in [9.17, 15) is 28.8 Å². The van der Waals surface area contributed by atoms with Crippen molar-refractivity contribution in [2.24, 2.45) is 34.5 Å². The van der Waals surface area contributed by atoms with Crippen LogP contribution in [0, 0.1) is 34.5 Å². The maximum Gasteiger partial charge on any atom is 0.408 e. The first-order valence-electron chi connectivity index (χ1n) is 29.7. The van der Waals surface area contributed by atoms with Crippen LogP contribution in [0.25, 0.3) is 22.1 Å². The van der Waals surface area contributed by atoms with Gasteiger partial charge in [-0.15, -0.1) is 0 Å². The molecule has 454 valence electrons. The summed E-state index contributed by atoms with van der Waals surface area (Å²) in [6, 6.07) is 7.42. The average Bonchev–Trinajstić information content (AvgIpc) is 3.50. The van der Waals surface area contributed by atoms with Crippen molar-refractivity contribution in [1.82, 2.24) is 40.4 Å². The number of aryl methyl sites for hydroxylation is 2. The van der Waals surface area contributed by atoms with Gasteiger partial charge in [-0.05, 0) is 135 Å². The van der Waals surface area contributed by atoms with Gasteiger partial charge in [-0.1, -0.05) is 129 Å². The molecule has 12 atom stereocenters. The predicted octanol–water partition coefficient (Wildman–Crippen LogP) is 10.8. The predicted molar refractivity (Wildman–Crippen MR) is 311 cm³/mol. The van der Waals surface area contributed by atoms with Crippen LogP contribution < -0.4 is 20.1 Å². The molecule has 4 amide bonds. The number of alkyl carbamates (subject to hydrolysis) is 2. The number of fused-ring (bicyclic) bond motifs is 10. The summed E-state index contributed by atoms with van der Waals surface area (Å²) in [5, 5.41) is 6.79. The van der Waals surface area contributed by atoms with Gasteiger partial charge in [-0.2, -0.15) is 0 Å². The third-order valence-electron chi connectivity index (χ3n) is 17.5. The third kappa shape index (κ3) is 15.7. The number of aromatic nitrogens is 4. The Morgan fingerprint density at radius 1 is 0.536 bits per heavy atom. The maximum absolute atomic E-state index is 14.1. The largest absolute Gasteiger partial charge is 0.540 e. The van der Waals surface area contributed by atoms with Crippen molar-refractivity contribution in [3.05, 3.63) is 57.8 Å². The van der Waals surface area contributed by atoms with E-state index in [1.165, 1.54) is 9.80 Å². The molecule has 6 aliphatic rings. The van der Waals surface area contributed by atoms with E-state index >= 15 is 0 Å². The molecule has 2 saturated carbocycles. The number of amides is 4. The summed E-state index contributed by atoms with van der Waals surface area (Å²) in [7, 11) is 0. The van der Waals surface area contributed by atoms with Crippen LogP contribution in [-0.4, -0.2) is 128 Å². The Kier molecular flexibility index (Phi) is 23.0. The monoisotopic (exact) mass is 1270 g/mol. The van der Waals surface area contributed by atoms with E-state index in [0.717, 1.165) is 99.5 Å². The Morgan fingerprint density at radius 2 is 0.964 bits per heavy atom. The molecular formula is C62H80Cl2N8O10V2-2. The zero-order chi connectivity index (χ0) is 58.6. The number of halogens is 2. The van der Waals surface area contributed by atoms with Crippen molar-refractivity contribution in [3.8, 4) is 11.8 Å². The van der Waals surface area contributed by atoms with Crippen molar-refractivity contribution < 1.29 is 84.8 Å². The minimum absolute atomic E-state index is 0. The molecule has 10 rings (SSSR count). The van der Waals surface area contributed by atoms with Gasteiger partial charge in [0.25, 0.3) is 0 Å². The van der Waals surface area contributed by atoms with Crippen LogP contribution in [0.15, 0.2) is 36.4 Å². The summed E-state index contributed by atoms with van der Waals surface area (Å²) in [6.07, 6.45) is 15.9.